The van der Waals surface area contributed by atoms with Gasteiger partial charge in [0.1, 0.15) is 0 Å². The van der Waals surface area contributed by atoms with Gasteiger partial charge in [0, 0.05) is 18.6 Å². The van der Waals surface area contributed by atoms with Gasteiger partial charge in [-0.1, -0.05) is 87.7 Å². The van der Waals surface area contributed by atoms with Crippen LogP contribution in [0, 0.1) is 0 Å². The number of aliphatic hydroxyl groups excluding tert-OH is 1. The van der Waals surface area contributed by atoms with Gasteiger partial charge in [0.15, 0.2) is 0 Å². The Hall–Kier alpha value is -2.16. The summed E-state index contributed by atoms with van der Waals surface area (Å²) in [6, 6.07) is 17.0. The molecule has 0 bridgehead atoms. The molecule has 0 aromatic heterocycles. The van der Waals surface area contributed by atoms with Gasteiger partial charge < -0.3 is 5.11 Å². The Labute approximate surface area is 158 Å². The molecular formula is C24H31NO. The summed E-state index contributed by atoms with van der Waals surface area (Å²) < 4.78 is 0. The molecule has 2 heteroatoms. The summed E-state index contributed by atoms with van der Waals surface area (Å²) in [5, 5.41) is 10.2. The molecule has 0 radical (unpaired) electrons. The van der Waals surface area contributed by atoms with Crippen LogP contribution >= 0.6 is 0 Å². The molecule has 26 heavy (non-hydrogen) atoms. The molecule has 0 heterocycles. The highest BCUT2D eigenvalue weighted by Gasteiger charge is 2.32. The van der Waals surface area contributed by atoms with E-state index in [1.54, 1.807) is 0 Å². The van der Waals surface area contributed by atoms with E-state index >= 15 is 0 Å². The van der Waals surface area contributed by atoms with Crippen molar-refractivity contribution in [1.29, 1.82) is 0 Å². The summed E-state index contributed by atoms with van der Waals surface area (Å²) in [6.45, 7) is 13.7. The average Bonchev–Trinajstić information content (AvgIpc) is 2.71. The molecule has 0 aliphatic heterocycles. The third-order valence-corrected chi connectivity index (χ3v) is 5.46. The van der Waals surface area contributed by atoms with Crippen LogP contribution in [-0.4, -0.2) is 22.2 Å². The van der Waals surface area contributed by atoms with Crippen molar-refractivity contribution in [3.8, 4) is 0 Å². The fourth-order valence-electron chi connectivity index (χ4n) is 3.37. The highest BCUT2D eigenvalue weighted by Crippen LogP contribution is 2.28. The van der Waals surface area contributed by atoms with Crippen LogP contribution in [0.1, 0.15) is 48.9 Å². The first-order valence-corrected chi connectivity index (χ1v) is 9.39. The topological polar surface area (TPSA) is 23.5 Å². The highest BCUT2D eigenvalue weighted by atomic mass is 16.3. The molecule has 0 saturated heterocycles. The maximum Gasteiger partial charge on any atom is 0.0615 e. The molecule has 0 fully saturated rings. The Kier molecular flexibility index (Phi) is 7.38. The van der Waals surface area contributed by atoms with Crippen molar-refractivity contribution in [2.75, 3.05) is 6.61 Å². The van der Waals surface area contributed by atoms with Crippen LogP contribution < -0.4 is 0 Å². The summed E-state index contributed by atoms with van der Waals surface area (Å²) in [5.41, 5.74) is 4.53. The lowest BCUT2D eigenvalue weighted by molar-refractivity contribution is 0.00963. The zero-order valence-corrected chi connectivity index (χ0v) is 16.1. The fraction of sp³-hybridized carbons (Fsp3) is 0.333. The average molecular weight is 350 g/mol. The van der Waals surface area contributed by atoms with E-state index in [0.29, 0.717) is 0 Å². The second-order valence-corrected chi connectivity index (χ2v) is 6.84. The van der Waals surface area contributed by atoms with Crippen LogP contribution in [0.5, 0.6) is 0 Å². The third-order valence-electron chi connectivity index (χ3n) is 5.46. The Morgan fingerprint density at radius 1 is 0.808 bits per heavy atom. The van der Waals surface area contributed by atoms with Crippen molar-refractivity contribution < 1.29 is 5.11 Å². The summed E-state index contributed by atoms with van der Waals surface area (Å²) >= 11 is 0. The molecule has 0 spiro atoms. The molecule has 0 atom stereocenters. The van der Waals surface area contributed by atoms with Gasteiger partial charge in [0.25, 0.3) is 0 Å². The first-order chi connectivity index (χ1) is 12.6. The number of hydrogen-bond acceptors (Lipinski definition) is 2. The van der Waals surface area contributed by atoms with Gasteiger partial charge >= 0.3 is 0 Å². The van der Waals surface area contributed by atoms with Crippen LogP contribution in [0.2, 0.25) is 0 Å². The molecule has 138 valence electrons. The molecule has 2 nitrogen and oxygen atoms in total. The Morgan fingerprint density at radius 2 is 1.19 bits per heavy atom. The standard InChI is InChI=1S/C24H31NO/c1-5-20-9-13-22(14-10-20)17-25(24(7-3,8-4)19-26)18-23-15-11-21(6-2)12-16-23/h5-6,9-16,26H,1-2,7-8,17-19H2,3-4H3. The van der Waals surface area contributed by atoms with Crippen LogP contribution in [0.15, 0.2) is 61.7 Å². The van der Waals surface area contributed by atoms with Gasteiger partial charge in [-0.3, -0.25) is 4.90 Å². The number of aliphatic hydroxyl groups is 1. The molecule has 0 aliphatic carbocycles. The second kappa shape index (κ2) is 9.51. The predicted octanol–water partition coefficient (Wildman–Crippen LogP) is 5.53. The first kappa shape index (κ1) is 20.2. The third kappa shape index (κ3) is 4.72. The normalized spacial score (nSPS) is 11.5. The zero-order chi connectivity index (χ0) is 19.0. The first-order valence-electron chi connectivity index (χ1n) is 9.39. The van der Waals surface area contributed by atoms with E-state index in [-0.39, 0.29) is 12.1 Å². The summed E-state index contributed by atoms with van der Waals surface area (Å²) in [6.07, 6.45) is 5.54. The lowest BCUT2D eigenvalue weighted by Gasteiger charge is -2.42. The Bertz CT molecular complexity index is 634. The van der Waals surface area contributed by atoms with Crippen molar-refractivity contribution in [2.45, 2.75) is 45.3 Å². The minimum absolute atomic E-state index is 0.162. The van der Waals surface area contributed by atoms with Crippen LogP contribution in [0.4, 0.5) is 0 Å². The van der Waals surface area contributed by atoms with E-state index in [4.69, 9.17) is 0 Å². The number of benzene rings is 2. The van der Waals surface area contributed by atoms with Gasteiger partial charge in [-0.25, -0.2) is 0 Å². The minimum Gasteiger partial charge on any atom is -0.394 e. The second-order valence-electron chi connectivity index (χ2n) is 6.84. The van der Waals surface area contributed by atoms with Gasteiger partial charge in [-0.05, 0) is 35.1 Å². The van der Waals surface area contributed by atoms with Gasteiger partial charge in [-0.2, -0.15) is 0 Å². The molecule has 0 amide bonds. The van der Waals surface area contributed by atoms with Crippen LogP contribution in [0.25, 0.3) is 12.2 Å². The molecule has 2 aromatic carbocycles. The van der Waals surface area contributed by atoms with Crippen molar-refractivity contribution in [3.05, 3.63) is 83.9 Å². The maximum absolute atomic E-state index is 10.2. The van der Waals surface area contributed by atoms with Gasteiger partial charge in [-0.15, -0.1) is 0 Å². The summed E-state index contributed by atoms with van der Waals surface area (Å²) in [5.74, 6) is 0. The Balaban J connectivity index is 2.29. The number of hydrogen-bond donors (Lipinski definition) is 1. The zero-order valence-electron chi connectivity index (χ0n) is 16.1. The predicted molar refractivity (Wildman–Crippen MR) is 113 cm³/mol. The molecular weight excluding hydrogens is 318 g/mol. The molecule has 0 unspecified atom stereocenters. The van der Waals surface area contributed by atoms with Crippen molar-refractivity contribution in [2.24, 2.45) is 0 Å². The molecule has 0 saturated carbocycles. The van der Waals surface area contributed by atoms with Crippen molar-refractivity contribution >= 4 is 12.2 Å². The SMILES string of the molecule is C=Cc1ccc(CN(Cc2ccc(C=C)cc2)C(CC)(CC)CO)cc1. The quantitative estimate of drug-likeness (QED) is 0.610. The molecule has 0 aliphatic rings. The van der Waals surface area contributed by atoms with E-state index in [0.717, 1.165) is 37.1 Å². The van der Waals surface area contributed by atoms with Crippen molar-refractivity contribution in [1.82, 2.24) is 4.90 Å². The van der Waals surface area contributed by atoms with Gasteiger partial charge in [0.2, 0.25) is 0 Å². The fourth-order valence-corrected chi connectivity index (χ4v) is 3.37. The smallest absolute Gasteiger partial charge is 0.0615 e. The van der Waals surface area contributed by atoms with Crippen LogP contribution in [0.3, 0.4) is 0 Å². The summed E-state index contributed by atoms with van der Waals surface area (Å²) in [4.78, 5) is 2.42. The van der Waals surface area contributed by atoms with E-state index in [1.807, 2.05) is 12.2 Å². The molecule has 1 N–H and O–H groups in total. The van der Waals surface area contributed by atoms with Crippen molar-refractivity contribution in [3.63, 3.8) is 0 Å². The van der Waals surface area contributed by atoms with E-state index in [1.165, 1.54) is 11.1 Å². The lowest BCUT2D eigenvalue weighted by atomic mass is 9.90. The minimum atomic E-state index is -0.214. The summed E-state index contributed by atoms with van der Waals surface area (Å²) in [7, 11) is 0. The van der Waals surface area contributed by atoms with E-state index in [9.17, 15) is 5.11 Å². The number of nitrogens with zero attached hydrogens (tertiary/aromatic N) is 1. The van der Waals surface area contributed by atoms with Crippen LogP contribution in [-0.2, 0) is 13.1 Å². The largest absolute Gasteiger partial charge is 0.394 e. The van der Waals surface area contributed by atoms with Gasteiger partial charge in [0.05, 0.1) is 6.61 Å². The monoisotopic (exact) mass is 349 g/mol. The molecule has 2 rings (SSSR count). The highest BCUT2D eigenvalue weighted by molar-refractivity contribution is 5.48. The van der Waals surface area contributed by atoms with E-state index < -0.39 is 0 Å². The maximum atomic E-state index is 10.2. The van der Waals surface area contributed by atoms with E-state index in [2.05, 4.69) is 80.4 Å². The lowest BCUT2D eigenvalue weighted by Crippen LogP contribution is -2.50. The number of rotatable bonds is 10. The molecule has 2 aromatic rings. The Morgan fingerprint density at radius 3 is 1.46 bits per heavy atom.